The summed E-state index contributed by atoms with van der Waals surface area (Å²) in [5.74, 6) is -1.08. The number of hydrogen-bond acceptors (Lipinski definition) is 7. The average Bonchev–Trinajstić information content (AvgIpc) is 3.28. The molecular weight excluding hydrogens is 485 g/mol. The van der Waals surface area contributed by atoms with Crippen LogP contribution >= 0.6 is 45.9 Å². The number of carbonyl (C=O) groups is 2. The number of nitro groups is 1. The zero-order valence-electron chi connectivity index (χ0n) is 15.6. The zero-order chi connectivity index (χ0) is 22.3. The van der Waals surface area contributed by atoms with Crippen LogP contribution in [-0.4, -0.2) is 28.5 Å². The molecule has 0 N–H and O–H groups in total. The fourth-order valence-corrected chi connectivity index (χ4v) is 5.68. The molecule has 0 bridgehead atoms. The number of fused-ring (bicyclic) bond motifs is 2. The smallest absolute Gasteiger partial charge is 0.325 e. The van der Waals surface area contributed by atoms with Gasteiger partial charge in [-0.3, -0.25) is 19.7 Å². The van der Waals surface area contributed by atoms with Gasteiger partial charge in [-0.1, -0.05) is 34.5 Å². The number of benzene rings is 2. The minimum Gasteiger partial charge on any atom is -0.468 e. The number of non-ortho nitro benzene ring substituents is 1. The Morgan fingerprint density at radius 1 is 1.16 bits per heavy atom. The van der Waals surface area contributed by atoms with Crippen LogP contribution in [0.5, 0.6) is 0 Å². The Hall–Kier alpha value is -2.79. The highest BCUT2D eigenvalue weighted by Gasteiger charge is 2.17. The first-order valence-electron chi connectivity index (χ1n) is 8.59. The lowest BCUT2D eigenvalue weighted by atomic mass is 10.2. The van der Waals surface area contributed by atoms with E-state index in [0.717, 1.165) is 16.0 Å². The summed E-state index contributed by atoms with van der Waals surface area (Å²) in [6.07, 6.45) is 0. The molecule has 8 nitrogen and oxygen atoms in total. The molecule has 158 valence electrons. The third kappa shape index (κ3) is 4.19. The molecule has 0 spiro atoms. The molecule has 0 aliphatic rings. The van der Waals surface area contributed by atoms with E-state index in [1.807, 2.05) is 0 Å². The first-order valence-corrected chi connectivity index (χ1v) is 11.0. The number of hydrogen-bond donors (Lipinski definition) is 0. The summed E-state index contributed by atoms with van der Waals surface area (Å²) >= 11 is 14.7. The number of nitro benzene ring substituents is 1. The molecule has 12 heteroatoms. The average molecular weight is 496 g/mol. The number of aromatic nitrogens is 1. The van der Waals surface area contributed by atoms with Crippen molar-refractivity contribution < 1.29 is 19.2 Å². The summed E-state index contributed by atoms with van der Waals surface area (Å²) in [5.41, 5.74) is 0.452. The SMILES string of the molecule is COC(=O)Cn1c(=NC(=O)c2cc3cc([N+](=O)[O-])ccc3s2)sc2cc(Cl)cc(Cl)c21. The Kier molecular flexibility index (Phi) is 5.80. The number of amides is 1. The predicted octanol–water partition coefficient (Wildman–Crippen LogP) is 5.05. The maximum atomic E-state index is 12.9. The second-order valence-corrected chi connectivity index (χ2v) is 9.22. The standard InChI is InChI=1S/C19H11Cl2N3O5S2/c1-29-16(25)8-23-17-12(21)6-10(20)7-14(17)31-19(23)22-18(26)15-5-9-4-11(24(27)28)2-3-13(9)30-15/h2-7H,8H2,1H3. The monoisotopic (exact) mass is 495 g/mol. The van der Waals surface area contributed by atoms with E-state index in [4.69, 9.17) is 27.9 Å². The molecule has 0 saturated heterocycles. The maximum Gasteiger partial charge on any atom is 0.325 e. The number of nitrogens with zero attached hydrogens (tertiary/aromatic N) is 3. The summed E-state index contributed by atoms with van der Waals surface area (Å²) in [5, 5.41) is 12.3. The van der Waals surface area contributed by atoms with Crippen LogP contribution in [0.25, 0.3) is 20.3 Å². The van der Waals surface area contributed by atoms with Crippen LogP contribution in [0.15, 0.2) is 41.4 Å². The van der Waals surface area contributed by atoms with Crippen LogP contribution in [0.3, 0.4) is 0 Å². The van der Waals surface area contributed by atoms with Gasteiger partial charge in [0.2, 0.25) is 0 Å². The van der Waals surface area contributed by atoms with Gasteiger partial charge in [0.05, 0.1) is 32.1 Å². The maximum absolute atomic E-state index is 12.9. The molecule has 4 aromatic rings. The molecule has 0 saturated carbocycles. The van der Waals surface area contributed by atoms with E-state index < -0.39 is 16.8 Å². The summed E-state index contributed by atoms with van der Waals surface area (Å²) < 4.78 is 7.62. The topological polar surface area (TPSA) is 104 Å². The van der Waals surface area contributed by atoms with Gasteiger partial charge in [-0.05, 0) is 24.3 Å². The minimum atomic E-state index is -0.545. The quantitative estimate of drug-likeness (QED) is 0.224. The third-order valence-corrected chi connectivity index (χ3v) is 6.96. The highest BCUT2D eigenvalue weighted by molar-refractivity contribution is 7.21. The molecule has 0 aliphatic carbocycles. The van der Waals surface area contributed by atoms with Gasteiger partial charge in [0.1, 0.15) is 6.54 Å². The summed E-state index contributed by atoms with van der Waals surface area (Å²) in [6.45, 7) is -0.192. The normalized spacial score (nSPS) is 11.9. The van der Waals surface area contributed by atoms with Crippen molar-refractivity contribution >= 4 is 83.7 Å². The van der Waals surface area contributed by atoms with E-state index >= 15 is 0 Å². The fraction of sp³-hybridized carbons (Fsp3) is 0.105. The molecule has 31 heavy (non-hydrogen) atoms. The fourth-order valence-electron chi connectivity index (χ4n) is 2.95. The first-order chi connectivity index (χ1) is 14.8. The molecule has 2 aromatic heterocycles. The van der Waals surface area contributed by atoms with Crippen molar-refractivity contribution in [2.75, 3.05) is 7.11 Å². The van der Waals surface area contributed by atoms with Gasteiger partial charge in [-0.25, -0.2) is 0 Å². The van der Waals surface area contributed by atoms with Gasteiger partial charge in [0.25, 0.3) is 11.6 Å². The van der Waals surface area contributed by atoms with Crippen LogP contribution in [0.4, 0.5) is 5.69 Å². The largest absolute Gasteiger partial charge is 0.468 e. The number of methoxy groups -OCH3 is 1. The van der Waals surface area contributed by atoms with Crippen LogP contribution in [0.2, 0.25) is 10.0 Å². The number of esters is 1. The Morgan fingerprint density at radius 3 is 2.65 bits per heavy atom. The number of rotatable bonds is 4. The van der Waals surface area contributed by atoms with Crippen molar-refractivity contribution in [1.29, 1.82) is 0 Å². The second-order valence-electron chi connectivity index (χ2n) is 6.29. The Balaban J connectivity index is 1.84. The molecule has 0 aliphatic heterocycles. The van der Waals surface area contributed by atoms with Crippen molar-refractivity contribution in [1.82, 2.24) is 4.57 Å². The van der Waals surface area contributed by atoms with E-state index in [2.05, 4.69) is 4.99 Å². The molecule has 2 heterocycles. The predicted molar refractivity (Wildman–Crippen MR) is 120 cm³/mol. The number of ether oxygens (including phenoxy) is 1. The van der Waals surface area contributed by atoms with Gasteiger partial charge >= 0.3 is 5.97 Å². The van der Waals surface area contributed by atoms with Gasteiger partial charge in [0, 0.05) is 27.2 Å². The Bertz CT molecular complexity index is 1450. The summed E-state index contributed by atoms with van der Waals surface area (Å²) in [4.78, 5) is 40.0. The highest BCUT2D eigenvalue weighted by Crippen LogP contribution is 2.31. The number of thiophene rings is 1. The summed E-state index contributed by atoms with van der Waals surface area (Å²) in [7, 11) is 1.26. The van der Waals surface area contributed by atoms with Crippen LogP contribution in [-0.2, 0) is 16.1 Å². The molecule has 0 unspecified atom stereocenters. The lowest BCUT2D eigenvalue weighted by molar-refractivity contribution is -0.384. The minimum absolute atomic E-state index is 0.0619. The van der Waals surface area contributed by atoms with Gasteiger partial charge in [-0.15, -0.1) is 11.3 Å². The van der Waals surface area contributed by atoms with Gasteiger partial charge in [0.15, 0.2) is 4.80 Å². The molecular formula is C19H11Cl2N3O5S2. The molecule has 4 rings (SSSR count). The van der Waals surface area contributed by atoms with Gasteiger partial charge < -0.3 is 9.30 Å². The first kappa shape index (κ1) is 21.4. The van der Waals surface area contributed by atoms with E-state index in [1.54, 1.807) is 18.2 Å². The summed E-state index contributed by atoms with van der Waals surface area (Å²) in [6, 6.07) is 9.14. The third-order valence-electron chi connectivity index (χ3n) is 4.33. The second kappa shape index (κ2) is 8.39. The van der Waals surface area contributed by atoms with Crippen molar-refractivity contribution in [2.24, 2.45) is 4.99 Å². The van der Waals surface area contributed by atoms with Crippen LogP contribution in [0, 0.1) is 10.1 Å². The van der Waals surface area contributed by atoms with Crippen LogP contribution in [0.1, 0.15) is 9.67 Å². The molecule has 0 atom stereocenters. The number of halogens is 2. The van der Waals surface area contributed by atoms with E-state index in [1.165, 1.54) is 41.2 Å². The van der Waals surface area contributed by atoms with Crippen molar-refractivity contribution in [3.63, 3.8) is 0 Å². The van der Waals surface area contributed by atoms with E-state index in [0.29, 0.717) is 30.5 Å². The Labute approximate surface area is 192 Å². The lowest BCUT2D eigenvalue weighted by Crippen LogP contribution is -2.22. The molecule has 2 aromatic carbocycles. The Morgan fingerprint density at radius 2 is 1.94 bits per heavy atom. The van der Waals surface area contributed by atoms with E-state index in [9.17, 15) is 19.7 Å². The molecule has 1 amide bonds. The van der Waals surface area contributed by atoms with Crippen molar-refractivity contribution in [3.05, 3.63) is 66.2 Å². The molecule has 0 radical (unpaired) electrons. The van der Waals surface area contributed by atoms with E-state index in [-0.39, 0.29) is 17.0 Å². The lowest BCUT2D eigenvalue weighted by Gasteiger charge is -2.05. The highest BCUT2D eigenvalue weighted by atomic mass is 35.5. The zero-order valence-corrected chi connectivity index (χ0v) is 18.8. The van der Waals surface area contributed by atoms with Crippen LogP contribution < -0.4 is 4.80 Å². The molecule has 0 fully saturated rings. The number of thiazole rings is 1. The van der Waals surface area contributed by atoms with Gasteiger partial charge in [-0.2, -0.15) is 4.99 Å². The number of carbonyl (C=O) groups excluding carboxylic acids is 2. The van der Waals surface area contributed by atoms with Crippen molar-refractivity contribution in [3.8, 4) is 0 Å². The van der Waals surface area contributed by atoms with Crippen molar-refractivity contribution in [2.45, 2.75) is 6.54 Å².